The van der Waals surface area contributed by atoms with Gasteiger partial charge in [-0.25, -0.2) is 0 Å². The van der Waals surface area contributed by atoms with Gasteiger partial charge in [0.1, 0.15) is 0 Å². The molecule has 0 aliphatic rings. The summed E-state index contributed by atoms with van der Waals surface area (Å²) in [4.78, 5) is 21.4. The molecule has 0 spiro atoms. The lowest BCUT2D eigenvalue weighted by atomic mass is 10.3. The predicted octanol–water partition coefficient (Wildman–Crippen LogP) is -0.980. The summed E-state index contributed by atoms with van der Waals surface area (Å²) in [6, 6.07) is 0. The van der Waals surface area contributed by atoms with Crippen LogP contribution in [0.15, 0.2) is 12.7 Å². The Hall–Kier alpha value is -1.41. The van der Waals surface area contributed by atoms with Crippen molar-refractivity contribution in [3.63, 3.8) is 0 Å². The average molecular weight is 237 g/mol. The molecule has 86 valence electrons. The fraction of sp³-hybridized carbons (Fsp3) is 0.429. The summed E-state index contributed by atoms with van der Waals surface area (Å²) in [6.45, 7) is 3.26. The third kappa shape index (κ3) is 5.13. The van der Waals surface area contributed by atoms with E-state index in [1.165, 1.54) is 6.08 Å². The molecule has 0 fully saturated rings. The van der Waals surface area contributed by atoms with Gasteiger partial charge in [-0.3, -0.25) is 14.1 Å². The van der Waals surface area contributed by atoms with Crippen LogP contribution in [-0.2, 0) is 19.7 Å². The minimum atomic E-state index is -4.72. The quantitative estimate of drug-likeness (QED) is 0.403. The number of nitrogens with one attached hydrogen (secondary N) is 1. The fourth-order valence-electron chi connectivity index (χ4n) is 0.778. The van der Waals surface area contributed by atoms with Crippen LogP contribution >= 0.6 is 0 Å². The van der Waals surface area contributed by atoms with Crippen molar-refractivity contribution < 1.29 is 27.7 Å². The minimum Gasteiger partial charge on any atom is -0.481 e. The standard InChI is InChI=1S/C7H11NO6S/c1-2-3-8-7(11)5(4-6(9)10)15(12,13)14/h2,5H,1,3-4H2,(H,8,11)(H,9,10)(H,12,13,14). The number of carbonyl (C=O) groups is 2. The lowest BCUT2D eigenvalue weighted by molar-refractivity contribution is -0.138. The topological polar surface area (TPSA) is 121 Å². The second-order valence-electron chi connectivity index (χ2n) is 2.64. The first-order valence-corrected chi connectivity index (χ1v) is 5.36. The van der Waals surface area contributed by atoms with Gasteiger partial charge in [0.15, 0.2) is 5.25 Å². The zero-order chi connectivity index (χ0) is 12.1. The molecule has 0 radical (unpaired) electrons. The molecule has 0 aliphatic carbocycles. The molecular formula is C7H11NO6S. The van der Waals surface area contributed by atoms with Gasteiger partial charge < -0.3 is 10.4 Å². The Kier molecular flexibility index (Phi) is 4.95. The normalized spacial score (nSPS) is 12.9. The second kappa shape index (κ2) is 5.47. The van der Waals surface area contributed by atoms with Crippen molar-refractivity contribution in [2.75, 3.05) is 6.54 Å². The van der Waals surface area contributed by atoms with E-state index in [0.29, 0.717) is 0 Å². The molecule has 0 saturated heterocycles. The maximum Gasteiger partial charge on any atom is 0.305 e. The predicted molar refractivity (Wildman–Crippen MR) is 50.8 cm³/mol. The number of aliphatic carboxylic acids is 1. The molecule has 3 N–H and O–H groups in total. The van der Waals surface area contributed by atoms with Crippen LogP contribution in [0, 0.1) is 0 Å². The van der Waals surface area contributed by atoms with Crippen LogP contribution in [0.3, 0.4) is 0 Å². The monoisotopic (exact) mass is 237 g/mol. The summed E-state index contributed by atoms with van der Waals surface area (Å²) in [5.41, 5.74) is 0. The van der Waals surface area contributed by atoms with Gasteiger partial charge in [0.05, 0.1) is 6.42 Å². The third-order valence-corrected chi connectivity index (χ3v) is 2.53. The van der Waals surface area contributed by atoms with E-state index in [4.69, 9.17) is 9.66 Å². The number of amides is 1. The van der Waals surface area contributed by atoms with Crippen LogP contribution in [0.2, 0.25) is 0 Å². The molecule has 8 heteroatoms. The highest BCUT2D eigenvalue weighted by atomic mass is 32.2. The number of rotatable bonds is 6. The highest BCUT2D eigenvalue weighted by Crippen LogP contribution is 2.04. The molecule has 7 nitrogen and oxygen atoms in total. The van der Waals surface area contributed by atoms with Crippen molar-refractivity contribution in [2.24, 2.45) is 0 Å². The SMILES string of the molecule is C=CCNC(=O)C(CC(=O)O)S(=O)(=O)O. The van der Waals surface area contributed by atoms with E-state index in [-0.39, 0.29) is 6.54 Å². The third-order valence-electron chi connectivity index (χ3n) is 1.43. The summed E-state index contributed by atoms with van der Waals surface area (Å²) in [7, 11) is -4.72. The van der Waals surface area contributed by atoms with E-state index in [1.54, 1.807) is 0 Å². The van der Waals surface area contributed by atoms with E-state index < -0.39 is 33.7 Å². The van der Waals surface area contributed by atoms with Gasteiger partial charge >= 0.3 is 5.97 Å². The van der Waals surface area contributed by atoms with Crippen molar-refractivity contribution in [3.8, 4) is 0 Å². The molecule has 0 bridgehead atoms. The van der Waals surface area contributed by atoms with Gasteiger partial charge in [0, 0.05) is 6.54 Å². The van der Waals surface area contributed by atoms with E-state index in [0.717, 1.165) is 0 Å². The first-order valence-electron chi connectivity index (χ1n) is 3.85. The maximum atomic E-state index is 11.1. The Balaban J connectivity index is 4.71. The molecule has 0 aromatic heterocycles. The maximum absolute atomic E-state index is 11.1. The van der Waals surface area contributed by atoms with Crippen molar-refractivity contribution in [2.45, 2.75) is 11.7 Å². The van der Waals surface area contributed by atoms with Gasteiger partial charge in [-0.2, -0.15) is 8.42 Å². The number of hydrogen-bond acceptors (Lipinski definition) is 4. The molecule has 0 aliphatic heterocycles. The Labute approximate surface area is 86.5 Å². The number of hydrogen-bond donors (Lipinski definition) is 3. The summed E-state index contributed by atoms with van der Waals surface area (Å²) in [6.07, 6.45) is 0.307. The van der Waals surface area contributed by atoms with E-state index >= 15 is 0 Å². The van der Waals surface area contributed by atoms with Gasteiger partial charge in [-0.1, -0.05) is 6.08 Å². The molecular weight excluding hydrogens is 226 g/mol. The van der Waals surface area contributed by atoms with E-state index in [1.807, 2.05) is 0 Å². The van der Waals surface area contributed by atoms with Crippen LogP contribution in [0.4, 0.5) is 0 Å². The molecule has 0 saturated carbocycles. The zero-order valence-electron chi connectivity index (χ0n) is 7.71. The zero-order valence-corrected chi connectivity index (χ0v) is 8.53. The molecule has 0 aromatic carbocycles. The van der Waals surface area contributed by atoms with Crippen molar-refractivity contribution in [1.82, 2.24) is 5.32 Å². The Morgan fingerprint density at radius 2 is 2.00 bits per heavy atom. The largest absolute Gasteiger partial charge is 0.481 e. The number of carboxylic acids is 1. The van der Waals surface area contributed by atoms with Gasteiger partial charge in [0.2, 0.25) is 5.91 Å². The Morgan fingerprint density at radius 3 is 2.33 bits per heavy atom. The summed E-state index contributed by atoms with van der Waals surface area (Å²) in [5.74, 6) is -2.56. The first kappa shape index (κ1) is 13.6. The molecule has 15 heavy (non-hydrogen) atoms. The Bertz CT molecular complexity index is 360. The van der Waals surface area contributed by atoms with Crippen LogP contribution in [-0.4, -0.2) is 41.7 Å². The summed E-state index contributed by atoms with van der Waals surface area (Å²) in [5, 5.41) is 8.44. The van der Waals surface area contributed by atoms with Crippen LogP contribution in [0.1, 0.15) is 6.42 Å². The number of carboxylic acid groups (broad SMARTS) is 1. The lowest BCUT2D eigenvalue weighted by Gasteiger charge is -2.10. The number of carbonyl (C=O) groups excluding carboxylic acids is 1. The van der Waals surface area contributed by atoms with Gasteiger partial charge in [0.25, 0.3) is 10.1 Å². The molecule has 1 amide bonds. The minimum absolute atomic E-state index is 0.00945. The Morgan fingerprint density at radius 1 is 1.47 bits per heavy atom. The summed E-state index contributed by atoms with van der Waals surface area (Å²) >= 11 is 0. The first-order chi connectivity index (χ1) is 6.79. The fourth-order valence-corrected chi connectivity index (χ4v) is 1.49. The molecule has 1 atom stereocenters. The lowest BCUT2D eigenvalue weighted by Crippen LogP contribution is -2.41. The second-order valence-corrected chi connectivity index (χ2v) is 4.23. The van der Waals surface area contributed by atoms with Crippen molar-refractivity contribution in [3.05, 3.63) is 12.7 Å². The van der Waals surface area contributed by atoms with E-state index in [9.17, 15) is 18.0 Å². The van der Waals surface area contributed by atoms with Crippen molar-refractivity contribution in [1.29, 1.82) is 0 Å². The van der Waals surface area contributed by atoms with Gasteiger partial charge in [-0.05, 0) is 0 Å². The van der Waals surface area contributed by atoms with Crippen molar-refractivity contribution >= 4 is 22.0 Å². The highest BCUT2D eigenvalue weighted by Gasteiger charge is 2.32. The summed E-state index contributed by atoms with van der Waals surface area (Å²) < 4.78 is 30.0. The highest BCUT2D eigenvalue weighted by molar-refractivity contribution is 7.87. The molecule has 0 aromatic rings. The van der Waals surface area contributed by atoms with Crippen LogP contribution in [0.25, 0.3) is 0 Å². The molecule has 1 unspecified atom stereocenters. The molecule has 0 rings (SSSR count). The van der Waals surface area contributed by atoms with E-state index in [2.05, 4.69) is 11.9 Å². The average Bonchev–Trinajstić information content (AvgIpc) is 2.08. The van der Waals surface area contributed by atoms with Crippen LogP contribution in [0.5, 0.6) is 0 Å². The molecule has 0 heterocycles. The smallest absolute Gasteiger partial charge is 0.305 e. The van der Waals surface area contributed by atoms with Crippen LogP contribution < -0.4 is 5.32 Å². The van der Waals surface area contributed by atoms with Gasteiger partial charge in [-0.15, -0.1) is 6.58 Å².